The summed E-state index contributed by atoms with van der Waals surface area (Å²) in [5.74, 6) is -0.365. The highest BCUT2D eigenvalue weighted by Gasteiger charge is 2.40. The average molecular weight is 325 g/mol. The highest BCUT2D eigenvalue weighted by atomic mass is 33.1. The molecule has 6 heteroatoms. The molecule has 0 heterocycles. The van der Waals surface area contributed by atoms with Gasteiger partial charge in [0.25, 0.3) is 0 Å². The van der Waals surface area contributed by atoms with Gasteiger partial charge in [-0.2, -0.15) is 0 Å². The zero-order valence-corrected chi connectivity index (χ0v) is 16.0. The minimum absolute atomic E-state index is 0.0303. The molecule has 0 aliphatic rings. The van der Waals surface area contributed by atoms with Crippen LogP contribution in [-0.4, -0.2) is 36.0 Å². The predicted octanol–water partition coefficient (Wildman–Crippen LogP) is 4.64. The van der Waals surface area contributed by atoms with E-state index in [-0.39, 0.29) is 9.79 Å². The van der Waals surface area contributed by atoms with Gasteiger partial charge in [-0.1, -0.05) is 63.1 Å². The summed E-state index contributed by atoms with van der Waals surface area (Å²) in [5.41, 5.74) is 0. The summed E-state index contributed by atoms with van der Waals surface area (Å²) in [5, 5.41) is 9.34. The van der Waals surface area contributed by atoms with Gasteiger partial charge >= 0.3 is 5.97 Å². The summed E-state index contributed by atoms with van der Waals surface area (Å²) < 4.78 is 6.11. The van der Waals surface area contributed by atoms with Crippen LogP contribution in [0.4, 0.5) is 0 Å². The van der Waals surface area contributed by atoms with Crippen LogP contribution in [-0.2, 0) is 9.22 Å². The second-order valence-corrected chi connectivity index (χ2v) is 15.1. The number of aliphatic carboxylic acids is 1. The van der Waals surface area contributed by atoms with Crippen LogP contribution in [0.25, 0.3) is 0 Å². The molecule has 0 aromatic carbocycles. The molecule has 0 fully saturated rings. The first-order valence-electron chi connectivity index (χ1n) is 6.47. The Kier molecular flexibility index (Phi) is 7.00. The van der Waals surface area contributed by atoms with E-state index in [1.54, 1.807) is 21.6 Å². The first-order valence-corrected chi connectivity index (χ1v) is 11.7. The Morgan fingerprint density at radius 2 is 1.68 bits per heavy atom. The van der Waals surface area contributed by atoms with E-state index in [1.165, 1.54) is 0 Å². The molecule has 0 spiro atoms. The Morgan fingerprint density at radius 3 is 2.00 bits per heavy atom. The van der Waals surface area contributed by atoms with Crippen molar-refractivity contribution in [3.63, 3.8) is 0 Å². The molecule has 0 radical (unpaired) electrons. The Hall–Kier alpha value is 0.347. The predicted molar refractivity (Wildman–Crippen MR) is 89.5 cm³/mol. The Balaban J connectivity index is 4.56. The molecule has 1 atom stereocenters. The van der Waals surface area contributed by atoms with Crippen molar-refractivity contribution in [2.45, 2.75) is 70.5 Å². The van der Waals surface area contributed by atoms with Gasteiger partial charge in [-0.05, 0) is 18.1 Å². The maximum Gasteiger partial charge on any atom is 0.332 e. The van der Waals surface area contributed by atoms with Crippen LogP contribution < -0.4 is 0 Å². The summed E-state index contributed by atoms with van der Waals surface area (Å²) >= 11 is 0. The van der Waals surface area contributed by atoms with Crippen molar-refractivity contribution < 1.29 is 14.3 Å². The van der Waals surface area contributed by atoms with E-state index in [4.69, 9.17) is 4.43 Å². The van der Waals surface area contributed by atoms with Crippen LogP contribution in [0.1, 0.15) is 41.5 Å². The lowest BCUT2D eigenvalue weighted by atomic mass is 10.2. The van der Waals surface area contributed by atoms with Crippen molar-refractivity contribution in [2.75, 3.05) is 5.75 Å². The molecular formula is C13H28O3S2Si. The monoisotopic (exact) mass is 324 g/mol. The lowest BCUT2D eigenvalue weighted by molar-refractivity contribution is -0.144. The molecule has 0 aromatic rings. The summed E-state index contributed by atoms with van der Waals surface area (Å²) in [6, 6.07) is 0. The number of rotatable bonds is 6. The highest BCUT2D eigenvalue weighted by molar-refractivity contribution is 8.77. The standard InChI is InChI=1S/C13H28O3S2Si/c1-12(2,3)18-17-9-10(11(14)15)16-19(7,8)13(4,5)6/h10H,9H2,1-8H3,(H,14,15). The molecule has 1 unspecified atom stereocenters. The second kappa shape index (κ2) is 6.87. The lowest BCUT2D eigenvalue weighted by Gasteiger charge is -2.38. The van der Waals surface area contributed by atoms with E-state index in [9.17, 15) is 9.90 Å². The van der Waals surface area contributed by atoms with Gasteiger partial charge in [0.15, 0.2) is 14.4 Å². The lowest BCUT2D eigenvalue weighted by Crippen LogP contribution is -2.46. The second-order valence-electron chi connectivity index (χ2n) is 7.19. The van der Waals surface area contributed by atoms with Gasteiger partial charge in [0.05, 0.1) is 0 Å². The van der Waals surface area contributed by atoms with Crippen LogP contribution >= 0.6 is 21.6 Å². The van der Waals surface area contributed by atoms with E-state index >= 15 is 0 Å². The third kappa shape index (κ3) is 7.63. The molecule has 0 bridgehead atoms. The molecule has 0 saturated heterocycles. The fraction of sp³-hybridized carbons (Fsp3) is 0.923. The molecule has 3 nitrogen and oxygen atoms in total. The Labute approximate surface area is 126 Å². The van der Waals surface area contributed by atoms with Gasteiger partial charge in [-0.15, -0.1) is 0 Å². The number of hydrogen-bond acceptors (Lipinski definition) is 4. The highest BCUT2D eigenvalue weighted by Crippen LogP contribution is 2.39. The van der Waals surface area contributed by atoms with Crippen LogP contribution in [0, 0.1) is 0 Å². The fourth-order valence-corrected chi connectivity index (χ4v) is 4.72. The van der Waals surface area contributed by atoms with E-state index in [0.29, 0.717) is 5.75 Å². The zero-order chi connectivity index (χ0) is 15.5. The minimum atomic E-state index is -2.03. The number of carboxylic acids is 1. The SMILES string of the molecule is CC(C)(C)SSCC(O[Si](C)(C)C(C)(C)C)C(=O)O. The van der Waals surface area contributed by atoms with Gasteiger partial charge in [0.2, 0.25) is 0 Å². The van der Waals surface area contributed by atoms with Crippen molar-refractivity contribution in [1.29, 1.82) is 0 Å². The molecule has 0 aliphatic heterocycles. The van der Waals surface area contributed by atoms with Gasteiger partial charge in [0.1, 0.15) is 0 Å². The molecule has 0 aromatic heterocycles. The summed E-state index contributed by atoms with van der Waals surface area (Å²) in [6.45, 7) is 16.9. The molecule has 0 rings (SSSR count). The van der Waals surface area contributed by atoms with Crippen LogP contribution in [0.5, 0.6) is 0 Å². The van der Waals surface area contributed by atoms with Crippen LogP contribution in [0.15, 0.2) is 0 Å². The normalized spacial score (nSPS) is 15.4. The van der Waals surface area contributed by atoms with Crippen molar-refractivity contribution in [2.24, 2.45) is 0 Å². The van der Waals surface area contributed by atoms with Gasteiger partial charge in [-0.25, -0.2) is 4.79 Å². The van der Waals surface area contributed by atoms with Gasteiger partial charge < -0.3 is 9.53 Å². The molecule has 19 heavy (non-hydrogen) atoms. The third-order valence-corrected chi connectivity index (χ3v) is 10.9. The molecule has 114 valence electrons. The molecule has 0 amide bonds. The summed E-state index contributed by atoms with van der Waals surface area (Å²) in [6.07, 6.45) is -0.708. The minimum Gasteiger partial charge on any atom is -0.479 e. The van der Waals surface area contributed by atoms with Crippen molar-refractivity contribution in [1.82, 2.24) is 0 Å². The maximum absolute atomic E-state index is 11.3. The topological polar surface area (TPSA) is 46.5 Å². The van der Waals surface area contributed by atoms with E-state index in [1.807, 2.05) is 0 Å². The van der Waals surface area contributed by atoms with E-state index < -0.39 is 20.4 Å². The van der Waals surface area contributed by atoms with Crippen molar-refractivity contribution in [3.05, 3.63) is 0 Å². The van der Waals surface area contributed by atoms with E-state index in [2.05, 4.69) is 54.6 Å². The van der Waals surface area contributed by atoms with Crippen molar-refractivity contribution >= 4 is 35.9 Å². The summed E-state index contributed by atoms with van der Waals surface area (Å²) in [4.78, 5) is 11.3. The molecular weight excluding hydrogens is 296 g/mol. The van der Waals surface area contributed by atoms with Crippen molar-refractivity contribution in [3.8, 4) is 0 Å². The van der Waals surface area contributed by atoms with Gasteiger partial charge in [-0.3, -0.25) is 0 Å². The fourth-order valence-electron chi connectivity index (χ4n) is 0.961. The Morgan fingerprint density at radius 1 is 1.21 bits per heavy atom. The Bertz CT molecular complexity index is 306. The number of carboxylic acid groups (broad SMARTS) is 1. The average Bonchev–Trinajstić information content (AvgIpc) is 2.11. The van der Waals surface area contributed by atoms with E-state index in [0.717, 1.165) is 0 Å². The van der Waals surface area contributed by atoms with Crippen LogP contribution in [0.3, 0.4) is 0 Å². The molecule has 0 aliphatic carbocycles. The number of carbonyl (C=O) groups is 1. The molecule has 1 N–H and O–H groups in total. The van der Waals surface area contributed by atoms with Crippen LogP contribution in [0.2, 0.25) is 18.1 Å². The number of hydrogen-bond donors (Lipinski definition) is 1. The first-order chi connectivity index (χ1) is 8.26. The maximum atomic E-state index is 11.3. The quantitative estimate of drug-likeness (QED) is 0.569. The largest absolute Gasteiger partial charge is 0.479 e. The van der Waals surface area contributed by atoms with Gasteiger partial charge in [0, 0.05) is 10.5 Å². The summed E-state index contributed by atoms with van der Waals surface area (Å²) in [7, 11) is 1.25. The first kappa shape index (κ1) is 19.3. The smallest absolute Gasteiger partial charge is 0.332 e. The third-order valence-electron chi connectivity index (χ3n) is 3.05. The zero-order valence-electron chi connectivity index (χ0n) is 13.4. The molecule has 0 saturated carbocycles.